The van der Waals surface area contributed by atoms with Gasteiger partial charge in [-0.3, -0.25) is 10.1 Å². The second-order valence-electron chi connectivity index (χ2n) is 11.3. The third kappa shape index (κ3) is 7.34. The van der Waals surface area contributed by atoms with E-state index in [0.29, 0.717) is 29.6 Å². The third-order valence-electron chi connectivity index (χ3n) is 7.05. The van der Waals surface area contributed by atoms with Crippen LogP contribution in [-0.4, -0.2) is 51.4 Å². The number of hydrogen-bond acceptors (Lipinski definition) is 8. The van der Waals surface area contributed by atoms with Gasteiger partial charge in [0.2, 0.25) is 5.43 Å². The molecule has 1 unspecified atom stereocenters. The maximum absolute atomic E-state index is 13.7. The molecule has 1 aromatic carbocycles. The molecule has 0 fully saturated rings. The Hall–Kier alpha value is -4.30. The number of nitrogens with zero attached hydrogens (tertiary/aromatic N) is 3. The maximum atomic E-state index is 13.7. The molecule has 0 spiro atoms. The Morgan fingerprint density at radius 1 is 1.13 bits per heavy atom. The van der Waals surface area contributed by atoms with Crippen molar-refractivity contribution in [3.63, 3.8) is 0 Å². The van der Waals surface area contributed by atoms with E-state index in [0.717, 1.165) is 16.7 Å². The molecule has 0 bridgehead atoms. The Bertz CT molecular complexity index is 1780. The van der Waals surface area contributed by atoms with E-state index < -0.39 is 40.8 Å². The number of fused-ring (bicyclic) bond motifs is 1. The fourth-order valence-corrected chi connectivity index (χ4v) is 5.63. The van der Waals surface area contributed by atoms with Gasteiger partial charge in [0.05, 0.1) is 24.8 Å². The summed E-state index contributed by atoms with van der Waals surface area (Å²) in [6.45, 7) is 9.40. The van der Waals surface area contributed by atoms with Crippen LogP contribution in [-0.2, 0) is 10.9 Å². The van der Waals surface area contributed by atoms with Crippen molar-refractivity contribution in [2.24, 2.45) is 5.41 Å². The van der Waals surface area contributed by atoms with Gasteiger partial charge in [0, 0.05) is 40.8 Å². The van der Waals surface area contributed by atoms with E-state index in [1.165, 1.54) is 24.5 Å². The van der Waals surface area contributed by atoms with Crippen molar-refractivity contribution in [3.8, 4) is 21.7 Å². The number of urea groups is 1. The summed E-state index contributed by atoms with van der Waals surface area (Å²) in [6.07, 6.45) is -1.21. The second kappa shape index (κ2) is 13.4. The number of thiazole rings is 1. The summed E-state index contributed by atoms with van der Waals surface area (Å²) < 4.78 is 47.2. The molecule has 240 valence electrons. The highest BCUT2D eigenvalue weighted by Gasteiger charge is 2.34. The molecule has 0 radical (unpaired) electrons. The zero-order valence-electron chi connectivity index (χ0n) is 25.4. The van der Waals surface area contributed by atoms with E-state index in [1.54, 1.807) is 23.6 Å². The van der Waals surface area contributed by atoms with Crippen LogP contribution >= 0.6 is 11.3 Å². The van der Waals surface area contributed by atoms with E-state index in [1.807, 2.05) is 27.7 Å². The Morgan fingerprint density at radius 2 is 1.87 bits per heavy atom. The van der Waals surface area contributed by atoms with Gasteiger partial charge in [0.25, 0.3) is 0 Å². The average molecular weight is 646 g/mol. The van der Waals surface area contributed by atoms with Crippen LogP contribution in [0.5, 0.6) is 0 Å². The lowest BCUT2D eigenvalue weighted by atomic mass is 9.86. The number of esters is 1. The number of amides is 2. The van der Waals surface area contributed by atoms with Crippen LogP contribution in [0.15, 0.2) is 46.8 Å². The molecule has 45 heavy (non-hydrogen) atoms. The number of aliphatic hydroxyl groups is 1. The molecule has 0 aliphatic carbocycles. The van der Waals surface area contributed by atoms with Crippen LogP contribution < -0.4 is 16.1 Å². The molecule has 0 saturated heterocycles. The van der Waals surface area contributed by atoms with Crippen LogP contribution in [0.3, 0.4) is 0 Å². The number of carbonyl (C=O) groups excluding carboxylic acids is 2. The zero-order valence-corrected chi connectivity index (χ0v) is 26.2. The zero-order chi connectivity index (χ0) is 33.1. The van der Waals surface area contributed by atoms with Crippen LogP contribution in [0, 0.1) is 5.41 Å². The standard InChI is InChI=1S/C31H34F3N5O5S/c1-6-10-35-29(43)38-25-12-18(27-37-23(16-45-27)31(32,33)34)20(13-36-25)17-8-9-22-19(11-17)26(41)21(28(42)44-7-2)14-39(22)24(15-40)30(3,4)5/h8-9,11-14,16,24,40H,6-7,10,15H2,1-5H3,(H2,35,36,38,43). The van der Waals surface area contributed by atoms with Crippen LogP contribution in [0.1, 0.15) is 63.1 Å². The lowest BCUT2D eigenvalue weighted by Crippen LogP contribution is -2.30. The molecule has 4 rings (SSSR count). The minimum atomic E-state index is -4.67. The van der Waals surface area contributed by atoms with Gasteiger partial charge in [0.15, 0.2) is 5.69 Å². The fourth-order valence-electron chi connectivity index (χ4n) is 4.77. The highest BCUT2D eigenvalue weighted by Crippen LogP contribution is 2.39. The van der Waals surface area contributed by atoms with Crippen molar-refractivity contribution in [3.05, 3.63) is 63.5 Å². The topological polar surface area (TPSA) is 135 Å². The van der Waals surface area contributed by atoms with E-state index in [2.05, 4.69) is 20.6 Å². The summed E-state index contributed by atoms with van der Waals surface area (Å²) in [7, 11) is 0. The summed E-state index contributed by atoms with van der Waals surface area (Å²) in [5.74, 6) is -0.745. The number of halogens is 3. The number of aliphatic hydroxyl groups excluding tert-OH is 1. The maximum Gasteiger partial charge on any atom is 0.434 e. The quantitative estimate of drug-likeness (QED) is 0.177. The third-order valence-corrected chi connectivity index (χ3v) is 7.93. The predicted octanol–water partition coefficient (Wildman–Crippen LogP) is 6.49. The summed E-state index contributed by atoms with van der Waals surface area (Å²) in [4.78, 5) is 46.9. The van der Waals surface area contributed by atoms with Crippen molar-refractivity contribution >= 4 is 40.1 Å². The van der Waals surface area contributed by atoms with Crippen molar-refractivity contribution in [2.45, 2.75) is 53.3 Å². The Labute approximate surface area is 261 Å². The number of carbonyl (C=O) groups is 2. The van der Waals surface area contributed by atoms with Crippen molar-refractivity contribution in [1.82, 2.24) is 19.9 Å². The molecular formula is C31H34F3N5O5S. The Kier molecular flexibility index (Phi) is 9.98. The van der Waals surface area contributed by atoms with E-state index in [-0.39, 0.29) is 40.6 Å². The molecule has 14 heteroatoms. The van der Waals surface area contributed by atoms with Crippen LogP contribution in [0.2, 0.25) is 0 Å². The molecule has 2 amide bonds. The van der Waals surface area contributed by atoms with Gasteiger partial charge >= 0.3 is 18.2 Å². The molecular weight excluding hydrogens is 611 g/mol. The molecule has 4 aromatic rings. The molecule has 10 nitrogen and oxygen atoms in total. The first-order valence-corrected chi connectivity index (χ1v) is 15.1. The number of rotatable bonds is 9. The SMILES string of the molecule is CCCNC(=O)Nc1cc(-c2nc(C(F)(F)F)cs2)c(-c2ccc3c(c2)c(=O)c(C(=O)OCC)cn3C(CO)C(C)(C)C)cn1. The average Bonchev–Trinajstić information content (AvgIpc) is 3.48. The number of benzene rings is 1. The minimum absolute atomic E-state index is 0.0163. The number of alkyl halides is 3. The number of ether oxygens (including phenoxy) is 1. The molecule has 0 saturated carbocycles. The van der Waals surface area contributed by atoms with Crippen LogP contribution in [0.4, 0.5) is 23.8 Å². The summed E-state index contributed by atoms with van der Waals surface area (Å²) in [5.41, 5.74) is -0.987. The van der Waals surface area contributed by atoms with Gasteiger partial charge in [-0.1, -0.05) is 33.8 Å². The van der Waals surface area contributed by atoms with Crippen LogP contribution in [0.25, 0.3) is 32.6 Å². The molecule has 3 aromatic heterocycles. The van der Waals surface area contributed by atoms with Crippen molar-refractivity contribution < 1.29 is 32.6 Å². The molecule has 0 aliphatic rings. The Balaban J connectivity index is 1.96. The number of aromatic nitrogens is 3. The lowest BCUT2D eigenvalue weighted by molar-refractivity contribution is -0.140. The first kappa shape index (κ1) is 33.6. The summed E-state index contributed by atoms with van der Waals surface area (Å²) in [5, 5.41) is 16.6. The van der Waals surface area contributed by atoms with Gasteiger partial charge < -0.3 is 19.7 Å². The molecule has 3 N–H and O–H groups in total. The lowest BCUT2D eigenvalue weighted by Gasteiger charge is -2.33. The van der Waals surface area contributed by atoms with E-state index in [4.69, 9.17) is 4.74 Å². The summed E-state index contributed by atoms with van der Waals surface area (Å²) in [6, 6.07) is 5.18. The normalized spacial score (nSPS) is 12.6. The number of anilines is 1. The Morgan fingerprint density at radius 3 is 2.47 bits per heavy atom. The highest BCUT2D eigenvalue weighted by atomic mass is 32.1. The van der Waals surface area contributed by atoms with Crippen molar-refractivity contribution in [1.29, 1.82) is 0 Å². The largest absolute Gasteiger partial charge is 0.462 e. The first-order valence-electron chi connectivity index (χ1n) is 14.2. The predicted molar refractivity (Wildman–Crippen MR) is 166 cm³/mol. The van der Waals surface area contributed by atoms with Crippen molar-refractivity contribution in [2.75, 3.05) is 25.1 Å². The molecule has 0 aliphatic heterocycles. The van der Waals surface area contributed by atoms with Gasteiger partial charge in [-0.25, -0.2) is 19.6 Å². The number of pyridine rings is 2. The van der Waals surface area contributed by atoms with E-state index >= 15 is 0 Å². The summed E-state index contributed by atoms with van der Waals surface area (Å²) >= 11 is 0.768. The van der Waals surface area contributed by atoms with Gasteiger partial charge in [0.1, 0.15) is 16.4 Å². The smallest absolute Gasteiger partial charge is 0.434 e. The number of nitrogens with one attached hydrogen (secondary N) is 2. The van der Waals surface area contributed by atoms with E-state index in [9.17, 15) is 32.7 Å². The molecule has 3 heterocycles. The number of hydrogen-bond donors (Lipinski definition) is 3. The van der Waals surface area contributed by atoms with Gasteiger partial charge in [-0.15, -0.1) is 11.3 Å². The molecule has 1 atom stereocenters. The highest BCUT2D eigenvalue weighted by molar-refractivity contribution is 7.13. The monoisotopic (exact) mass is 645 g/mol. The van der Waals surface area contributed by atoms with Gasteiger partial charge in [-0.2, -0.15) is 13.2 Å². The fraction of sp³-hybridized carbons (Fsp3) is 0.387. The minimum Gasteiger partial charge on any atom is -0.462 e. The van der Waals surface area contributed by atoms with Gasteiger partial charge in [-0.05, 0) is 42.5 Å². The first-order chi connectivity index (χ1) is 21.2. The second-order valence-corrected chi connectivity index (χ2v) is 12.2.